The summed E-state index contributed by atoms with van der Waals surface area (Å²) in [5, 5.41) is 10.8. The largest absolute Gasteiger partial charge is 0.356 e. The molecule has 1 rings (SSSR count). The third-order valence-corrected chi connectivity index (χ3v) is 3.61. The van der Waals surface area contributed by atoms with Crippen LogP contribution in [0.25, 0.3) is 0 Å². The highest BCUT2D eigenvalue weighted by atomic mass is 15.3. The molecule has 0 aliphatic heterocycles. The van der Waals surface area contributed by atoms with Crippen molar-refractivity contribution in [1.82, 2.24) is 25.3 Å². The Bertz CT molecular complexity index is 420. The lowest BCUT2D eigenvalue weighted by Gasteiger charge is -2.21. The standard InChI is InChI=1S/C16H32N6/c1-5-11-22(12-6-2)13-7-9-18-16(17-3)19-14-15-8-10-20-21(15)4/h8,10H,5-7,9,11-14H2,1-4H3,(H2,17,18,19). The molecule has 0 saturated heterocycles. The summed E-state index contributed by atoms with van der Waals surface area (Å²) in [4.78, 5) is 6.79. The number of aromatic nitrogens is 2. The van der Waals surface area contributed by atoms with Crippen LogP contribution in [0.3, 0.4) is 0 Å². The summed E-state index contributed by atoms with van der Waals surface area (Å²) in [6, 6.07) is 2.01. The Kier molecular flexibility index (Phi) is 9.30. The number of hydrogen-bond donors (Lipinski definition) is 2. The van der Waals surface area contributed by atoms with Crippen LogP contribution in [0.5, 0.6) is 0 Å². The maximum atomic E-state index is 4.26. The van der Waals surface area contributed by atoms with E-state index in [2.05, 4.69) is 39.5 Å². The lowest BCUT2D eigenvalue weighted by atomic mass is 10.3. The highest BCUT2D eigenvalue weighted by molar-refractivity contribution is 5.79. The minimum atomic E-state index is 0.730. The van der Waals surface area contributed by atoms with Crippen LogP contribution in [0.2, 0.25) is 0 Å². The zero-order valence-electron chi connectivity index (χ0n) is 14.6. The average molecular weight is 308 g/mol. The lowest BCUT2D eigenvalue weighted by molar-refractivity contribution is 0.271. The third kappa shape index (κ3) is 6.93. The molecule has 126 valence electrons. The first kappa shape index (κ1) is 18.5. The van der Waals surface area contributed by atoms with E-state index in [0.29, 0.717) is 0 Å². The van der Waals surface area contributed by atoms with Crippen LogP contribution in [0.15, 0.2) is 17.3 Å². The summed E-state index contributed by atoms with van der Waals surface area (Å²) in [6.07, 6.45) is 5.39. The first-order valence-corrected chi connectivity index (χ1v) is 8.35. The van der Waals surface area contributed by atoms with Gasteiger partial charge in [-0.2, -0.15) is 5.10 Å². The third-order valence-electron chi connectivity index (χ3n) is 3.61. The second-order valence-electron chi connectivity index (χ2n) is 5.49. The molecule has 0 atom stereocenters. The molecule has 0 fully saturated rings. The molecular weight excluding hydrogens is 276 g/mol. The molecule has 22 heavy (non-hydrogen) atoms. The van der Waals surface area contributed by atoms with Crippen LogP contribution >= 0.6 is 0 Å². The van der Waals surface area contributed by atoms with Gasteiger partial charge >= 0.3 is 0 Å². The molecular formula is C16H32N6. The van der Waals surface area contributed by atoms with Gasteiger partial charge in [-0.1, -0.05) is 13.8 Å². The summed E-state index contributed by atoms with van der Waals surface area (Å²) >= 11 is 0. The van der Waals surface area contributed by atoms with Gasteiger partial charge in [0.25, 0.3) is 0 Å². The van der Waals surface area contributed by atoms with Crippen LogP contribution in [-0.2, 0) is 13.6 Å². The molecule has 0 radical (unpaired) electrons. The maximum Gasteiger partial charge on any atom is 0.191 e. The Morgan fingerprint density at radius 3 is 2.50 bits per heavy atom. The quantitative estimate of drug-likeness (QED) is 0.392. The summed E-state index contributed by atoms with van der Waals surface area (Å²) in [5.41, 5.74) is 1.14. The van der Waals surface area contributed by atoms with E-state index in [9.17, 15) is 0 Å². The van der Waals surface area contributed by atoms with Gasteiger partial charge in [0.2, 0.25) is 0 Å². The molecule has 0 bridgehead atoms. The zero-order chi connectivity index (χ0) is 16.2. The normalized spacial score (nSPS) is 12.0. The van der Waals surface area contributed by atoms with Crippen molar-refractivity contribution in [3.05, 3.63) is 18.0 Å². The van der Waals surface area contributed by atoms with Crippen molar-refractivity contribution in [2.24, 2.45) is 12.0 Å². The maximum absolute atomic E-state index is 4.26. The minimum Gasteiger partial charge on any atom is -0.356 e. The Labute approximate surface area is 135 Å². The van der Waals surface area contributed by atoms with Crippen molar-refractivity contribution in [2.75, 3.05) is 33.2 Å². The van der Waals surface area contributed by atoms with E-state index in [4.69, 9.17) is 0 Å². The van der Waals surface area contributed by atoms with Crippen LogP contribution < -0.4 is 10.6 Å². The fourth-order valence-corrected chi connectivity index (χ4v) is 2.45. The van der Waals surface area contributed by atoms with Gasteiger partial charge in [-0.15, -0.1) is 0 Å². The van der Waals surface area contributed by atoms with E-state index in [1.807, 2.05) is 24.0 Å². The molecule has 0 aliphatic carbocycles. The molecule has 6 nitrogen and oxygen atoms in total. The number of rotatable bonds is 10. The Hall–Kier alpha value is -1.56. The zero-order valence-corrected chi connectivity index (χ0v) is 14.6. The van der Waals surface area contributed by atoms with E-state index in [0.717, 1.165) is 37.7 Å². The predicted molar refractivity (Wildman–Crippen MR) is 93.0 cm³/mol. The highest BCUT2D eigenvalue weighted by Crippen LogP contribution is 1.96. The molecule has 0 aromatic carbocycles. The number of guanidine groups is 1. The average Bonchev–Trinajstić information content (AvgIpc) is 2.92. The SMILES string of the molecule is CCCN(CCC)CCCNC(=NC)NCc1ccnn1C. The van der Waals surface area contributed by atoms with Crippen molar-refractivity contribution >= 4 is 5.96 Å². The molecule has 1 heterocycles. The first-order valence-electron chi connectivity index (χ1n) is 8.35. The van der Waals surface area contributed by atoms with E-state index in [1.165, 1.54) is 25.9 Å². The molecule has 0 saturated carbocycles. The molecule has 0 spiro atoms. The van der Waals surface area contributed by atoms with Crippen molar-refractivity contribution in [1.29, 1.82) is 0 Å². The fourth-order valence-electron chi connectivity index (χ4n) is 2.45. The Morgan fingerprint density at radius 2 is 1.95 bits per heavy atom. The molecule has 0 amide bonds. The Morgan fingerprint density at radius 1 is 1.23 bits per heavy atom. The van der Waals surface area contributed by atoms with Gasteiger partial charge in [0.05, 0.1) is 12.2 Å². The van der Waals surface area contributed by atoms with Gasteiger partial charge in [0.1, 0.15) is 0 Å². The molecule has 0 unspecified atom stereocenters. The number of nitrogens with zero attached hydrogens (tertiary/aromatic N) is 4. The molecule has 1 aromatic rings. The topological polar surface area (TPSA) is 57.5 Å². The van der Waals surface area contributed by atoms with Gasteiger partial charge in [0.15, 0.2) is 5.96 Å². The van der Waals surface area contributed by atoms with Gasteiger partial charge < -0.3 is 15.5 Å². The summed E-state index contributed by atoms with van der Waals surface area (Å²) in [5.74, 6) is 0.846. The first-order chi connectivity index (χ1) is 10.7. The number of aryl methyl sites for hydroxylation is 1. The van der Waals surface area contributed by atoms with Gasteiger partial charge in [-0.3, -0.25) is 9.67 Å². The predicted octanol–water partition coefficient (Wildman–Crippen LogP) is 1.60. The second kappa shape index (κ2) is 11.1. The smallest absolute Gasteiger partial charge is 0.191 e. The van der Waals surface area contributed by atoms with Crippen LogP contribution in [0.1, 0.15) is 38.8 Å². The van der Waals surface area contributed by atoms with E-state index in [-0.39, 0.29) is 0 Å². The van der Waals surface area contributed by atoms with Crippen LogP contribution in [0.4, 0.5) is 0 Å². The Balaban J connectivity index is 2.22. The van der Waals surface area contributed by atoms with Crippen molar-refractivity contribution < 1.29 is 0 Å². The molecule has 6 heteroatoms. The van der Waals surface area contributed by atoms with Crippen molar-refractivity contribution in [3.8, 4) is 0 Å². The number of aliphatic imine (C=N–C) groups is 1. The van der Waals surface area contributed by atoms with Crippen LogP contribution in [0, 0.1) is 0 Å². The van der Waals surface area contributed by atoms with E-state index >= 15 is 0 Å². The highest BCUT2D eigenvalue weighted by Gasteiger charge is 2.03. The molecule has 2 N–H and O–H groups in total. The monoisotopic (exact) mass is 308 g/mol. The van der Waals surface area contributed by atoms with Gasteiger partial charge in [-0.25, -0.2) is 0 Å². The van der Waals surface area contributed by atoms with Crippen molar-refractivity contribution in [3.63, 3.8) is 0 Å². The second-order valence-corrected chi connectivity index (χ2v) is 5.49. The summed E-state index contributed by atoms with van der Waals surface area (Å²) in [6.45, 7) is 9.69. The van der Waals surface area contributed by atoms with Crippen LogP contribution in [-0.4, -0.2) is 53.9 Å². The minimum absolute atomic E-state index is 0.730. The summed E-state index contributed by atoms with van der Waals surface area (Å²) < 4.78 is 1.87. The van der Waals surface area contributed by atoms with Crippen molar-refractivity contribution in [2.45, 2.75) is 39.7 Å². The molecule has 1 aromatic heterocycles. The number of hydrogen-bond acceptors (Lipinski definition) is 3. The lowest BCUT2D eigenvalue weighted by Crippen LogP contribution is -2.38. The van der Waals surface area contributed by atoms with E-state index < -0.39 is 0 Å². The number of nitrogens with one attached hydrogen (secondary N) is 2. The van der Waals surface area contributed by atoms with E-state index in [1.54, 1.807) is 7.05 Å². The summed E-state index contributed by atoms with van der Waals surface area (Å²) in [7, 11) is 3.75. The fraction of sp³-hybridized carbons (Fsp3) is 0.750. The molecule has 0 aliphatic rings. The van der Waals surface area contributed by atoms with Gasteiger partial charge in [-0.05, 0) is 45.0 Å². The van der Waals surface area contributed by atoms with Gasteiger partial charge in [0, 0.05) is 26.8 Å².